The van der Waals surface area contributed by atoms with E-state index in [2.05, 4.69) is 4.98 Å². The highest BCUT2D eigenvalue weighted by Crippen LogP contribution is 2.45. The number of aromatic nitrogens is 2. The van der Waals surface area contributed by atoms with E-state index in [1.807, 2.05) is 65.8 Å². The van der Waals surface area contributed by atoms with Crippen molar-refractivity contribution in [3.05, 3.63) is 81.5 Å². The molecule has 0 aliphatic carbocycles. The van der Waals surface area contributed by atoms with Crippen molar-refractivity contribution in [2.24, 2.45) is 0 Å². The Labute approximate surface area is 198 Å². The number of anilines is 1. The van der Waals surface area contributed by atoms with Crippen LogP contribution < -0.4 is 15.6 Å². The maximum absolute atomic E-state index is 12.6. The van der Waals surface area contributed by atoms with E-state index in [1.165, 1.54) is 8.87 Å². The van der Waals surface area contributed by atoms with Crippen molar-refractivity contribution in [3.8, 4) is 0 Å². The van der Waals surface area contributed by atoms with Crippen molar-refractivity contribution >= 4 is 37.4 Å². The van der Waals surface area contributed by atoms with Crippen molar-refractivity contribution in [3.63, 3.8) is 0 Å². The fourth-order valence-electron chi connectivity index (χ4n) is 4.39. The van der Waals surface area contributed by atoms with Crippen LogP contribution in [0.4, 0.5) is 5.69 Å². The van der Waals surface area contributed by atoms with Crippen molar-refractivity contribution in [2.45, 2.75) is 57.5 Å². The molecule has 1 aromatic heterocycles. The average molecular weight is 480 g/mol. The summed E-state index contributed by atoms with van der Waals surface area (Å²) in [4.78, 5) is 27.1. The third-order valence-electron chi connectivity index (χ3n) is 5.67. The number of H-pyrrole nitrogens is 1. The summed E-state index contributed by atoms with van der Waals surface area (Å²) in [6.45, 7) is 11.2. The standard InChI is InChI=1S/C14H15NO2S.C12H14N2O2/c1-14(2,3)15-11-8-4-6-10-7-5-9-12(13(10)11)18(15,16)17;1-12(2,3)14-10(15)8-6-4-5-7-9(8)13-11(14)16/h4-9H,1-3H3;4-7H,1-3H3,(H,13,16). The van der Waals surface area contributed by atoms with Crippen LogP contribution in [0.25, 0.3) is 21.7 Å². The number of nitrogens with one attached hydrogen (secondary N) is 1. The minimum Gasteiger partial charge on any atom is -0.307 e. The number of aromatic amines is 1. The van der Waals surface area contributed by atoms with Crippen LogP contribution >= 0.6 is 0 Å². The molecule has 0 amide bonds. The molecule has 4 aromatic rings. The monoisotopic (exact) mass is 479 g/mol. The van der Waals surface area contributed by atoms with Gasteiger partial charge in [0.2, 0.25) is 0 Å². The van der Waals surface area contributed by atoms with Gasteiger partial charge in [0.1, 0.15) is 0 Å². The zero-order valence-corrected chi connectivity index (χ0v) is 21.0. The van der Waals surface area contributed by atoms with E-state index in [9.17, 15) is 18.0 Å². The zero-order chi connectivity index (χ0) is 25.1. The summed E-state index contributed by atoms with van der Waals surface area (Å²) in [7, 11) is -3.42. The van der Waals surface area contributed by atoms with Gasteiger partial charge in [0, 0.05) is 16.5 Å². The average Bonchev–Trinajstić information content (AvgIpc) is 2.96. The molecule has 7 nitrogen and oxygen atoms in total. The minimum atomic E-state index is -3.42. The van der Waals surface area contributed by atoms with Gasteiger partial charge in [0.15, 0.2) is 0 Å². The van der Waals surface area contributed by atoms with Gasteiger partial charge < -0.3 is 4.98 Å². The van der Waals surface area contributed by atoms with E-state index in [0.29, 0.717) is 15.8 Å². The van der Waals surface area contributed by atoms with Crippen molar-refractivity contribution in [1.29, 1.82) is 0 Å². The van der Waals surface area contributed by atoms with Crippen molar-refractivity contribution < 1.29 is 8.42 Å². The maximum atomic E-state index is 12.6. The molecule has 178 valence electrons. The summed E-state index contributed by atoms with van der Waals surface area (Å²) in [5.41, 5.74) is -0.224. The van der Waals surface area contributed by atoms with Gasteiger partial charge in [-0.15, -0.1) is 0 Å². The zero-order valence-electron chi connectivity index (χ0n) is 20.2. The molecule has 1 aliphatic heterocycles. The number of hydrogen-bond donors (Lipinski definition) is 1. The van der Waals surface area contributed by atoms with E-state index >= 15 is 0 Å². The lowest BCUT2D eigenvalue weighted by Crippen LogP contribution is -2.44. The number of fused-ring (bicyclic) bond motifs is 1. The van der Waals surface area contributed by atoms with Gasteiger partial charge in [0.25, 0.3) is 15.6 Å². The molecule has 8 heteroatoms. The summed E-state index contributed by atoms with van der Waals surface area (Å²) < 4.78 is 28.0. The Kier molecular flexibility index (Phi) is 5.48. The van der Waals surface area contributed by atoms with Gasteiger partial charge in [-0.25, -0.2) is 13.2 Å². The molecule has 5 rings (SSSR count). The predicted octanol–water partition coefficient (Wildman–Crippen LogP) is 4.59. The Morgan fingerprint density at radius 1 is 0.765 bits per heavy atom. The first-order valence-electron chi connectivity index (χ1n) is 11.1. The molecule has 1 aliphatic rings. The minimum absolute atomic E-state index is 0.244. The molecular formula is C26H29N3O4S. The topological polar surface area (TPSA) is 92.2 Å². The number of nitrogens with zero attached hydrogens (tertiary/aromatic N) is 2. The quantitative estimate of drug-likeness (QED) is 0.399. The molecule has 34 heavy (non-hydrogen) atoms. The molecule has 0 unspecified atom stereocenters. The fraction of sp³-hybridized carbons (Fsp3) is 0.308. The SMILES string of the molecule is CC(C)(C)N1c2cccc3cccc(c23)S1(=O)=O.CC(C)(C)n1c(=O)[nH]c2ccccc2c1=O. The molecule has 0 saturated carbocycles. The van der Waals surface area contributed by atoms with Crippen molar-refractivity contribution in [1.82, 2.24) is 9.55 Å². The second-order valence-corrected chi connectivity index (χ2v) is 12.1. The summed E-state index contributed by atoms with van der Waals surface area (Å²) in [6.07, 6.45) is 0. The van der Waals surface area contributed by atoms with Crippen LogP contribution in [0.5, 0.6) is 0 Å². The van der Waals surface area contributed by atoms with Gasteiger partial charge in [0.05, 0.1) is 21.5 Å². The fourth-order valence-corrected chi connectivity index (χ4v) is 6.45. The molecule has 3 aromatic carbocycles. The lowest BCUT2D eigenvalue weighted by Gasteiger charge is -2.32. The van der Waals surface area contributed by atoms with Crippen LogP contribution in [0.1, 0.15) is 41.5 Å². The van der Waals surface area contributed by atoms with E-state index in [4.69, 9.17) is 0 Å². The van der Waals surface area contributed by atoms with Crippen LogP contribution in [0, 0.1) is 0 Å². The highest BCUT2D eigenvalue weighted by Gasteiger charge is 2.41. The first kappa shape index (κ1) is 23.8. The normalized spacial score (nSPS) is 14.8. The van der Waals surface area contributed by atoms with Crippen LogP contribution in [0.3, 0.4) is 0 Å². The van der Waals surface area contributed by atoms with E-state index in [-0.39, 0.29) is 11.2 Å². The largest absolute Gasteiger partial charge is 0.329 e. The third kappa shape index (κ3) is 3.81. The maximum Gasteiger partial charge on any atom is 0.329 e. The van der Waals surface area contributed by atoms with E-state index in [1.54, 1.807) is 36.4 Å². The summed E-state index contributed by atoms with van der Waals surface area (Å²) >= 11 is 0. The van der Waals surface area contributed by atoms with Gasteiger partial charge >= 0.3 is 5.69 Å². The van der Waals surface area contributed by atoms with E-state index in [0.717, 1.165) is 16.5 Å². The van der Waals surface area contributed by atoms with Crippen molar-refractivity contribution in [2.75, 3.05) is 4.31 Å². The number of hydrogen-bond acceptors (Lipinski definition) is 4. The lowest BCUT2D eigenvalue weighted by atomic mass is 10.0. The van der Waals surface area contributed by atoms with Gasteiger partial charge in [-0.3, -0.25) is 13.7 Å². The van der Waals surface area contributed by atoms with Crippen LogP contribution in [-0.2, 0) is 15.6 Å². The first-order chi connectivity index (χ1) is 15.7. The molecule has 0 atom stereocenters. The molecule has 0 saturated heterocycles. The molecule has 2 heterocycles. The molecule has 0 fully saturated rings. The van der Waals surface area contributed by atoms with Gasteiger partial charge in [-0.2, -0.15) is 0 Å². The van der Waals surface area contributed by atoms with Crippen LogP contribution in [0.15, 0.2) is 75.1 Å². The predicted molar refractivity (Wildman–Crippen MR) is 137 cm³/mol. The second kappa shape index (κ2) is 7.84. The van der Waals surface area contributed by atoms with Gasteiger partial charge in [-0.1, -0.05) is 36.4 Å². The number of rotatable bonds is 0. The smallest absolute Gasteiger partial charge is 0.307 e. The molecule has 0 bridgehead atoms. The summed E-state index contributed by atoms with van der Waals surface area (Å²) in [5, 5.41) is 2.35. The molecular weight excluding hydrogens is 450 g/mol. The van der Waals surface area contributed by atoms with Crippen LogP contribution in [-0.4, -0.2) is 23.5 Å². The number of para-hydroxylation sites is 1. The summed E-state index contributed by atoms with van der Waals surface area (Å²) in [6, 6.07) is 18.2. The molecule has 0 spiro atoms. The van der Waals surface area contributed by atoms with Gasteiger partial charge in [-0.05, 0) is 71.2 Å². The molecule has 0 radical (unpaired) electrons. The lowest BCUT2D eigenvalue weighted by molar-refractivity contribution is 0.369. The van der Waals surface area contributed by atoms with E-state index < -0.39 is 21.1 Å². The Morgan fingerprint density at radius 3 is 2.00 bits per heavy atom. The Hall–Kier alpha value is -3.39. The first-order valence-corrected chi connectivity index (χ1v) is 12.5. The summed E-state index contributed by atoms with van der Waals surface area (Å²) in [5.74, 6) is 0. The number of benzene rings is 3. The highest BCUT2D eigenvalue weighted by molar-refractivity contribution is 7.93. The second-order valence-electron chi connectivity index (χ2n) is 10.4. The molecule has 1 N–H and O–H groups in total. The highest BCUT2D eigenvalue weighted by atomic mass is 32.2. The third-order valence-corrected chi connectivity index (χ3v) is 7.79. The Morgan fingerprint density at radius 2 is 1.38 bits per heavy atom. The number of sulfonamides is 1. The Bertz CT molecular complexity index is 1630. The van der Waals surface area contributed by atoms with Crippen LogP contribution in [0.2, 0.25) is 0 Å². The Balaban J connectivity index is 0.000000162.